The summed E-state index contributed by atoms with van der Waals surface area (Å²) in [6, 6.07) is 5.19. The third kappa shape index (κ3) is 4.38. The average molecular weight is 464 g/mol. The fourth-order valence-electron chi connectivity index (χ4n) is 4.23. The molecule has 0 aliphatic carbocycles. The van der Waals surface area contributed by atoms with Crippen LogP contribution in [0.25, 0.3) is 0 Å². The van der Waals surface area contributed by atoms with Gasteiger partial charge < -0.3 is 9.47 Å². The Morgan fingerprint density at radius 2 is 1.87 bits per heavy atom. The summed E-state index contributed by atoms with van der Waals surface area (Å²) in [7, 11) is -1.54. The topological polar surface area (TPSA) is 88.4 Å². The summed E-state index contributed by atoms with van der Waals surface area (Å²) in [5.41, 5.74) is 1.74. The van der Waals surface area contributed by atoms with Gasteiger partial charge in [0.2, 0.25) is 15.9 Å². The molecular formula is C21H29N5O3S2. The van der Waals surface area contributed by atoms with Crippen molar-refractivity contribution in [3.05, 3.63) is 29.6 Å². The van der Waals surface area contributed by atoms with Crippen molar-refractivity contribution >= 4 is 33.4 Å². The Hall–Kier alpha value is -1.91. The maximum Gasteiger partial charge on any atom is 0.243 e. The van der Waals surface area contributed by atoms with Crippen LogP contribution in [-0.4, -0.2) is 58.8 Å². The van der Waals surface area contributed by atoms with Crippen LogP contribution in [0.5, 0.6) is 0 Å². The molecule has 1 aromatic carbocycles. The van der Waals surface area contributed by atoms with Gasteiger partial charge in [-0.1, -0.05) is 25.6 Å². The van der Waals surface area contributed by atoms with E-state index < -0.39 is 10.0 Å². The summed E-state index contributed by atoms with van der Waals surface area (Å²) in [5.74, 6) is 1.42. The van der Waals surface area contributed by atoms with E-state index in [4.69, 9.17) is 0 Å². The third-order valence-corrected chi connectivity index (χ3v) is 8.78. The molecule has 2 aliphatic rings. The first-order chi connectivity index (χ1) is 14.8. The van der Waals surface area contributed by atoms with Gasteiger partial charge in [0.1, 0.15) is 5.82 Å². The van der Waals surface area contributed by atoms with Crippen molar-refractivity contribution in [2.45, 2.75) is 55.5 Å². The van der Waals surface area contributed by atoms with Crippen molar-refractivity contribution in [3.8, 4) is 0 Å². The van der Waals surface area contributed by atoms with Gasteiger partial charge in [-0.3, -0.25) is 4.79 Å². The predicted molar refractivity (Wildman–Crippen MR) is 121 cm³/mol. The summed E-state index contributed by atoms with van der Waals surface area (Å²) < 4.78 is 29.3. The molecule has 0 spiro atoms. The van der Waals surface area contributed by atoms with E-state index >= 15 is 0 Å². The number of hydrogen-bond acceptors (Lipinski definition) is 6. The number of carbonyl (C=O) groups excluding carboxylic acids is 1. The molecule has 0 unspecified atom stereocenters. The molecule has 8 nitrogen and oxygen atoms in total. The molecule has 0 atom stereocenters. The fourth-order valence-corrected chi connectivity index (χ4v) is 6.59. The largest absolute Gasteiger partial charge is 0.311 e. The number of benzene rings is 1. The zero-order valence-electron chi connectivity index (χ0n) is 18.2. The van der Waals surface area contributed by atoms with E-state index in [1.807, 2.05) is 11.6 Å². The van der Waals surface area contributed by atoms with E-state index in [1.54, 1.807) is 27.4 Å². The van der Waals surface area contributed by atoms with E-state index in [0.717, 1.165) is 47.9 Å². The van der Waals surface area contributed by atoms with E-state index in [0.29, 0.717) is 24.5 Å². The number of carbonyl (C=O) groups is 1. The molecule has 3 heterocycles. The maximum absolute atomic E-state index is 13.0. The Labute approximate surface area is 188 Å². The second kappa shape index (κ2) is 8.91. The van der Waals surface area contributed by atoms with Gasteiger partial charge in [-0.2, -0.15) is 4.31 Å². The summed E-state index contributed by atoms with van der Waals surface area (Å²) in [6.45, 7) is 5.93. The number of nitrogens with zero attached hydrogens (tertiary/aromatic N) is 5. The zero-order chi connectivity index (χ0) is 22.2. The predicted octanol–water partition coefficient (Wildman–Crippen LogP) is 2.79. The molecule has 0 radical (unpaired) electrons. The smallest absolute Gasteiger partial charge is 0.243 e. The summed E-state index contributed by atoms with van der Waals surface area (Å²) in [4.78, 5) is 15.1. The number of aromatic nitrogens is 3. The summed E-state index contributed by atoms with van der Waals surface area (Å²) in [6.07, 6.45) is 3.41. The highest BCUT2D eigenvalue weighted by molar-refractivity contribution is 7.99. The minimum atomic E-state index is -3.46. The van der Waals surface area contributed by atoms with Crippen LogP contribution in [0.3, 0.4) is 0 Å². The lowest BCUT2D eigenvalue weighted by Gasteiger charge is -2.30. The van der Waals surface area contributed by atoms with Crippen molar-refractivity contribution < 1.29 is 13.2 Å². The van der Waals surface area contributed by atoms with E-state index in [1.165, 1.54) is 11.8 Å². The van der Waals surface area contributed by atoms with Crippen LogP contribution in [0.15, 0.2) is 28.3 Å². The van der Waals surface area contributed by atoms with Gasteiger partial charge in [0.05, 0.1) is 10.6 Å². The van der Waals surface area contributed by atoms with Crippen LogP contribution >= 0.6 is 11.8 Å². The number of rotatable bonds is 6. The molecule has 1 saturated heterocycles. The Morgan fingerprint density at radius 1 is 1.13 bits per heavy atom. The number of amides is 1. The number of thioether (sulfide) groups is 1. The molecule has 0 N–H and O–H groups in total. The van der Waals surface area contributed by atoms with Crippen molar-refractivity contribution in [2.24, 2.45) is 7.05 Å². The first-order valence-corrected chi connectivity index (χ1v) is 13.2. The first-order valence-electron chi connectivity index (χ1n) is 10.7. The van der Waals surface area contributed by atoms with Crippen LogP contribution in [0, 0.1) is 0 Å². The maximum atomic E-state index is 13.0. The minimum Gasteiger partial charge on any atom is -0.311 e. The Balaban J connectivity index is 1.49. The first kappa shape index (κ1) is 22.3. The molecule has 10 heteroatoms. The molecule has 2 aromatic rings. The highest BCUT2D eigenvalue weighted by atomic mass is 32.2. The lowest BCUT2D eigenvalue weighted by molar-refractivity contribution is -0.116. The van der Waals surface area contributed by atoms with E-state index in [-0.39, 0.29) is 17.6 Å². The van der Waals surface area contributed by atoms with Gasteiger partial charge in [0, 0.05) is 38.3 Å². The van der Waals surface area contributed by atoms with Gasteiger partial charge >= 0.3 is 0 Å². The van der Waals surface area contributed by atoms with Gasteiger partial charge in [-0.15, -0.1) is 10.2 Å². The molecule has 168 valence electrons. The van der Waals surface area contributed by atoms with Gasteiger partial charge in [-0.05, 0) is 49.4 Å². The highest BCUT2D eigenvalue weighted by Crippen LogP contribution is 2.32. The van der Waals surface area contributed by atoms with Gasteiger partial charge in [0.25, 0.3) is 0 Å². The summed E-state index contributed by atoms with van der Waals surface area (Å²) >= 11 is 1.38. The van der Waals surface area contributed by atoms with Crippen molar-refractivity contribution in [1.29, 1.82) is 0 Å². The molecule has 1 aromatic heterocycles. The van der Waals surface area contributed by atoms with Crippen molar-refractivity contribution in [2.75, 3.05) is 30.3 Å². The van der Waals surface area contributed by atoms with Crippen LogP contribution < -0.4 is 4.90 Å². The van der Waals surface area contributed by atoms with Crippen LogP contribution in [0.2, 0.25) is 0 Å². The second-order valence-corrected chi connectivity index (χ2v) is 11.3. The second-order valence-electron chi connectivity index (χ2n) is 8.39. The molecule has 31 heavy (non-hydrogen) atoms. The number of fused-ring (bicyclic) bond motifs is 1. The normalized spacial score (nSPS) is 17.4. The van der Waals surface area contributed by atoms with E-state index in [2.05, 4.69) is 24.0 Å². The highest BCUT2D eigenvalue weighted by Gasteiger charge is 2.30. The Morgan fingerprint density at radius 3 is 2.55 bits per heavy atom. The third-order valence-electron chi connectivity index (χ3n) is 5.88. The van der Waals surface area contributed by atoms with Crippen LogP contribution in [0.1, 0.15) is 50.4 Å². The van der Waals surface area contributed by atoms with Crippen LogP contribution in [0.4, 0.5) is 5.69 Å². The zero-order valence-corrected chi connectivity index (χ0v) is 19.9. The van der Waals surface area contributed by atoms with Gasteiger partial charge in [0.15, 0.2) is 5.16 Å². The number of hydrogen-bond donors (Lipinski definition) is 0. The van der Waals surface area contributed by atoms with Gasteiger partial charge in [-0.25, -0.2) is 8.42 Å². The molecule has 0 saturated carbocycles. The molecule has 2 aliphatic heterocycles. The van der Waals surface area contributed by atoms with Crippen molar-refractivity contribution in [3.63, 3.8) is 0 Å². The number of anilines is 1. The lowest BCUT2D eigenvalue weighted by Crippen LogP contribution is -2.37. The molecular weight excluding hydrogens is 434 g/mol. The standard InChI is InChI=1S/C21H29N5O3S2/c1-15(2)20-22-23-21(24(20)3)30-14-19(27)26-12-6-7-16-13-17(8-9-18(16)26)31(28,29)25-10-4-5-11-25/h8-9,13,15H,4-7,10-12,14H2,1-3H3. The number of sulfonamides is 1. The lowest BCUT2D eigenvalue weighted by atomic mass is 10.0. The molecule has 1 amide bonds. The quantitative estimate of drug-likeness (QED) is 0.612. The summed E-state index contributed by atoms with van der Waals surface area (Å²) in [5, 5.41) is 9.15. The number of aryl methyl sites for hydroxylation is 1. The molecule has 1 fully saturated rings. The Kier molecular flexibility index (Phi) is 6.41. The monoisotopic (exact) mass is 463 g/mol. The minimum absolute atomic E-state index is 0.00445. The van der Waals surface area contributed by atoms with E-state index in [9.17, 15) is 13.2 Å². The average Bonchev–Trinajstić information content (AvgIpc) is 3.41. The molecule has 0 bridgehead atoms. The SMILES string of the molecule is CC(C)c1nnc(SCC(=O)N2CCCc3cc(S(=O)(=O)N4CCCC4)ccc32)n1C. The molecule has 4 rings (SSSR count). The fraction of sp³-hybridized carbons (Fsp3) is 0.571. The van der Waals surface area contributed by atoms with Crippen LogP contribution in [-0.2, 0) is 28.3 Å². The van der Waals surface area contributed by atoms with Crippen molar-refractivity contribution in [1.82, 2.24) is 19.1 Å². The Bertz CT molecular complexity index is 1070.